The maximum absolute atomic E-state index is 10.8. The number of pyridine rings is 1. The summed E-state index contributed by atoms with van der Waals surface area (Å²) >= 11 is 0. The second-order valence-corrected chi connectivity index (χ2v) is 4.32. The van der Waals surface area contributed by atoms with Crippen molar-refractivity contribution < 1.29 is 14.6 Å². The minimum Gasteiger partial charge on any atom is -0.487 e. The predicted octanol–water partition coefficient (Wildman–Crippen LogP) is 1.75. The molecule has 2 rings (SSSR count). The lowest BCUT2D eigenvalue weighted by Crippen LogP contribution is -2.06. The van der Waals surface area contributed by atoms with Crippen LogP contribution in [-0.2, 0) is 24.4 Å². The Balaban J connectivity index is 2.04. The molecule has 0 aliphatic rings. The molecular formula is C15H16N2O3. The van der Waals surface area contributed by atoms with Gasteiger partial charge in [-0.2, -0.15) is 0 Å². The van der Waals surface area contributed by atoms with Gasteiger partial charge in [-0.3, -0.25) is 9.78 Å². The first-order chi connectivity index (χ1) is 9.69. The number of aromatic nitrogens is 1. The molecule has 1 aromatic carbocycles. The maximum Gasteiger partial charge on any atom is 0.307 e. The number of nitrogens with two attached hydrogens (primary N) is 1. The quantitative estimate of drug-likeness (QED) is 0.836. The van der Waals surface area contributed by atoms with Gasteiger partial charge in [-0.05, 0) is 23.3 Å². The van der Waals surface area contributed by atoms with Crippen molar-refractivity contribution in [3.8, 4) is 5.75 Å². The van der Waals surface area contributed by atoms with Crippen LogP contribution in [0.4, 0.5) is 0 Å². The third-order valence-corrected chi connectivity index (χ3v) is 2.86. The van der Waals surface area contributed by atoms with Crippen molar-refractivity contribution >= 4 is 5.97 Å². The fraction of sp³-hybridized carbons (Fsp3) is 0.200. The molecule has 0 radical (unpaired) electrons. The van der Waals surface area contributed by atoms with Crippen molar-refractivity contribution in [1.29, 1.82) is 0 Å². The van der Waals surface area contributed by atoms with Crippen LogP contribution in [0.15, 0.2) is 42.6 Å². The predicted molar refractivity (Wildman–Crippen MR) is 74.2 cm³/mol. The van der Waals surface area contributed by atoms with Crippen LogP contribution in [-0.4, -0.2) is 16.1 Å². The van der Waals surface area contributed by atoms with Gasteiger partial charge in [0.2, 0.25) is 0 Å². The molecule has 0 amide bonds. The molecule has 104 valence electrons. The van der Waals surface area contributed by atoms with E-state index in [2.05, 4.69) is 4.98 Å². The van der Waals surface area contributed by atoms with Gasteiger partial charge in [-0.25, -0.2) is 0 Å². The first-order valence-electron chi connectivity index (χ1n) is 6.25. The van der Waals surface area contributed by atoms with Gasteiger partial charge in [0.1, 0.15) is 12.4 Å². The molecule has 0 aliphatic heterocycles. The van der Waals surface area contributed by atoms with Gasteiger partial charge in [-0.1, -0.05) is 24.3 Å². The topological polar surface area (TPSA) is 85.4 Å². The molecular weight excluding hydrogens is 256 g/mol. The van der Waals surface area contributed by atoms with Crippen molar-refractivity contribution in [2.24, 2.45) is 5.73 Å². The van der Waals surface area contributed by atoms with E-state index in [9.17, 15) is 4.79 Å². The summed E-state index contributed by atoms with van der Waals surface area (Å²) in [7, 11) is 0. The highest BCUT2D eigenvalue weighted by molar-refractivity contribution is 5.70. The lowest BCUT2D eigenvalue weighted by molar-refractivity contribution is -0.136. The van der Waals surface area contributed by atoms with Gasteiger partial charge in [0.05, 0.1) is 18.3 Å². The van der Waals surface area contributed by atoms with E-state index in [1.54, 1.807) is 24.4 Å². The Morgan fingerprint density at radius 3 is 2.55 bits per heavy atom. The van der Waals surface area contributed by atoms with E-state index in [1.807, 2.05) is 18.2 Å². The molecule has 3 N–H and O–H groups in total. The molecule has 0 unspecified atom stereocenters. The van der Waals surface area contributed by atoms with Gasteiger partial charge in [0.15, 0.2) is 0 Å². The van der Waals surface area contributed by atoms with E-state index >= 15 is 0 Å². The number of rotatable bonds is 6. The standard InChI is InChI=1S/C15H16N2O3/c16-8-13-5-6-14(9-17-13)20-10-12-4-2-1-3-11(12)7-15(18)19/h1-6,9H,7-8,10,16H2,(H,18,19). The highest BCUT2D eigenvalue weighted by Crippen LogP contribution is 2.15. The zero-order chi connectivity index (χ0) is 14.4. The first-order valence-corrected chi connectivity index (χ1v) is 6.25. The Labute approximate surface area is 117 Å². The smallest absolute Gasteiger partial charge is 0.307 e. The molecule has 1 aromatic heterocycles. The van der Waals surface area contributed by atoms with Crippen molar-refractivity contribution in [3.63, 3.8) is 0 Å². The molecule has 1 heterocycles. The fourth-order valence-electron chi connectivity index (χ4n) is 1.81. The Kier molecular flexibility index (Phi) is 4.68. The van der Waals surface area contributed by atoms with E-state index < -0.39 is 5.97 Å². The first kappa shape index (κ1) is 14.0. The van der Waals surface area contributed by atoms with Crippen LogP contribution < -0.4 is 10.5 Å². The lowest BCUT2D eigenvalue weighted by atomic mass is 10.1. The Hall–Kier alpha value is -2.40. The third kappa shape index (κ3) is 3.80. The number of benzene rings is 1. The second kappa shape index (κ2) is 6.68. The van der Waals surface area contributed by atoms with Gasteiger partial charge in [0, 0.05) is 6.54 Å². The van der Waals surface area contributed by atoms with Crippen LogP contribution in [0.3, 0.4) is 0 Å². The summed E-state index contributed by atoms with van der Waals surface area (Å²) in [4.78, 5) is 14.9. The highest BCUT2D eigenvalue weighted by atomic mass is 16.5. The zero-order valence-corrected chi connectivity index (χ0v) is 11.0. The van der Waals surface area contributed by atoms with Crippen LogP contribution >= 0.6 is 0 Å². The molecule has 0 fully saturated rings. The van der Waals surface area contributed by atoms with Crippen LogP contribution in [0.1, 0.15) is 16.8 Å². The zero-order valence-electron chi connectivity index (χ0n) is 11.0. The van der Waals surface area contributed by atoms with Gasteiger partial charge in [-0.15, -0.1) is 0 Å². The molecule has 0 bridgehead atoms. The van der Waals surface area contributed by atoms with E-state index in [1.165, 1.54) is 0 Å². The summed E-state index contributed by atoms with van der Waals surface area (Å²) in [5.74, 6) is -0.223. The summed E-state index contributed by atoms with van der Waals surface area (Å²) in [6.07, 6.45) is 1.60. The number of aliphatic carboxylic acids is 1. The van der Waals surface area contributed by atoms with Crippen LogP contribution in [0.25, 0.3) is 0 Å². The Bertz CT molecular complexity index is 582. The molecule has 0 aliphatic carbocycles. The number of nitrogens with zero attached hydrogens (tertiary/aromatic N) is 1. The fourth-order valence-corrected chi connectivity index (χ4v) is 1.81. The molecule has 0 saturated carbocycles. The summed E-state index contributed by atoms with van der Waals surface area (Å²) < 4.78 is 5.62. The molecule has 5 nitrogen and oxygen atoms in total. The Morgan fingerprint density at radius 2 is 1.95 bits per heavy atom. The van der Waals surface area contributed by atoms with E-state index in [0.29, 0.717) is 18.9 Å². The number of carboxylic acid groups (broad SMARTS) is 1. The average molecular weight is 272 g/mol. The molecule has 0 spiro atoms. The summed E-state index contributed by atoms with van der Waals surface area (Å²) in [6.45, 7) is 0.703. The number of hydrogen-bond acceptors (Lipinski definition) is 4. The van der Waals surface area contributed by atoms with E-state index in [-0.39, 0.29) is 6.42 Å². The van der Waals surface area contributed by atoms with Crippen molar-refractivity contribution in [3.05, 3.63) is 59.4 Å². The van der Waals surface area contributed by atoms with Crippen molar-refractivity contribution in [2.75, 3.05) is 0 Å². The van der Waals surface area contributed by atoms with Crippen molar-refractivity contribution in [2.45, 2.75) is 19.6 Å². The molecule has 0 atom stereocenters. The molecule has 5 heteroatoms. The largest absolute Gasteiger partial charge is 0.487 e. The van der Waals surface area contributed by atoms with Crippen molar-refractivity contribution in [1.82, 2.24) is 4.98 Å². The number of carbonyl (C=O) groups is 1. The van der Waals surface area contributed by atoms with Crippen LogP contribution in [0.5, 0.6) is 5.75 Å². The molecule has 0 saturated heterocycles. The second-order valence-electron chi connectivity index (χ2n) is 4.32. The van der Waals surface area contributed by atoms with E-state index in [4.69, 9.17) is 15.6 Å². The number of carboxylic acids is 1. The minimum absolute atomic E-state index is 0.0100. The normalized spacial score (nSPS) is 10.2. The lowest BCUT2D eigenvalue weighted by Gasteiger charge is -2.10. The van der Waals surface area contributed by atoms with Gasteiger partial charge >= 0.3 is 5.97 Å². The van der Waals surface area contributed by atoms with E-state index in [0.717, 1.165) is 16.8 Å². The number of hydrogen-bond donors (Lipinski definition) is 2. The molecule has 20 heavy (non-hydrogen) atoms. The van der Waals surface area contributed by atoms with Gasteiger partial charge in [0.25, 0.3) is 0 Å². The number of ether oxygens (including phenoxy) is 1. The summed E-state index contributed by atoms with van der Waals surface area (Å²) in [5, 5.41) is 8.87. The highest BCUT2D eigenvalue weighted by Gasteiger charge is 2.07. The Morgan fingerprint density at radius 1 is 1.20 bits per heavy atom. The minimum atomic E-state index is -0.855. The molecule has 2 aromatic rings. The van der Waals surface area contributed by atoms with Crippen LogP contribution in [0, 0.1) is 0 Å². The van der Waals surface area contributed by atoms with Crippen LogP contribution in [0.2, 0.25) is 0 Å². The SMILES string of the molecule is NCc1ccc(OCc2ccccc2CC(=O)O)cn1. The third-order valence-electron chi connectivity index (χ3n) is 2.86. The summed E-state index contributed by atoms with van der Waals surface area (Å²) in [5.41, 5.74) is 7.88. The van der Waals surface area contributed by atoms with Gasteiger partial charge < -0.3 is 15.6 Å². The maximum atomic E-state index is 10.8. The summed E-state index contributed by atoms with van der Waals surface area (Å²) in [6, 6.07) is 10.9. The monoisotopic (exact) mass is 272 g/mol. The average Bonchev–Trinajstić information content (AvgIpc) is 2.46.